The highest BCUT2D eigenvalue weighted by molar-refractivity contribution is 4.87. The van der Waals surface area contributed by atoms with E-state index < -0.39 is 0 Å². The number of likely N-dealkylation sites (tertiary alicyclic amines) is 1. The van der Waals surface area contributed by atoms with E-state index >= 15 is 0 Å². The third-order valence-corrected chi connectivity index (χ3v) is 4.92. The molecule has 1 heterocycles. The molecule has 18 heavy (non-hydrogen) atoms. The van der Waals surface area contributed by atoms with Crippen LogP contribution in [0.1, 0.15) is 52.4 Å². The van der Waals surface area contributed by atoms with Gasteiger partial charge in [-0.3, -0.25) is 0 Å². The molecule has 2 atom stereocenters. The zero-order chi connectivity index (χ0) is 13.0. The molecule has 2 fully saturated rings. The molecule has 2 rings (SSSR count). The second-order valence-corrected chi connectivity index (χ2v) is 6.46. The molecule has 1 saturated carbocycles. The molecule has 3 heteroatoms. The minimum Gasteiger partial charge on any atom is -0.330 e. The molecule has 0 aromatic carbocycles. The van der Waals surface area contributed by atoms with Crippen molar-refractivity contribution in [1.82, 2.24) is 10.2 Å². The van der Waals surface area contributed by atoms with Gasteiger partial charge in [0.05, 0.1) is 0 Å². The minimum absolute atomic E-state index is 0.694. The van der Waals surface area contributed by atoms with Crippen molar-refractivity contribution >= 4 is 0 Å². The van der Waals surface area contributed by atoms with Gasteiger partial charge in [-0.05, 0) is 65.1 Å². The van der Waals surface area contributed by atoms with Crippen molar-refractivity contribution in [2.75, 3.05) is 19.6 Å². The molecule has 0 spiro atoms. The Morgan fingerprint density at radius 3 is 2.39 bits per heavy atom. The highest BCUT2D eigenvalue weighted by Gasteiger charge is 2.28. The van der Waals surface area contributed by atoms with Gasteiger partial charge < -0.3 is 16.0 Å². The van der Waals surface area contributed by atoms with Gasteiger partial charge in [0.25, 0.3) is 0 Å². The Bertz CT molecular complexity index is 234. The van der Waals surface area contributed by atoms with Crippen molar-refractivity contribution in [3.05, 3.63) is 0 Å². The third kappa shape index (κ3) is 3.69. The average Bonchev–Trinajstić information content (AvgIpc) is 2.40. The van der Waals surface area contributed by atoms with Crippen molar-refractivity contribution in [2.24, 2.45) is 11.7 Å². The van der Waals surface area contributed by atoms with Crippen LogP contribution in [-0.4, -0.2) is 42.7 Å². The van der Waals surface area contributed by atoms with E-state index in [-0.39, 0.29) is 0 Å². The molecule has 0 aromatic rings. The zero-order valence-electron chi connectivity index (χ0n) is 12.2. The van der Waals surface area contributed by atoms with E-state index in [0.29, 0.717) is 12.1 Å². The normalized spacial score (nSPS) is 32.0. The molecule has 3 nitrogen and oxygen atoms in total. The summed E-state index contributed by atoms with van der Waals surface area (Å²) in [6.07, 6.45) is 8.06. The van der Waals surface area contributed by atoms with E-state index in [1.807, 2.05) is 0 Å². The van der Waals surface area contributed by atoms with Gasteiger partial charge in [-0.25, -0.2) is 0 Å². The molecule has 0 radical (unpaired) electrons. The predicted molar refractivity (Wildman–Crippen MR) is 77.7 cm³/mol. The smallest absolute Gasteiger partial charge is 0.0110 e. The molecular weight excluding hydrogens is 222 g/mol. The molecule has 106 valence electrons. The van der Waals surface area contributed by atoms with Crippen molar-refractivity contribution in [2.45, 2.75) is 70.5 Å². The maximum atomic E-state index is 5.91. The number of piperidine rings is 1. The Hall–Kier alpha value is -0.120. The Kier molecular flexibility index (Phi) is 5.46. The van der Waals surface area contributed by atoms with Crippen LogP contribution >= 0.6 is 0 Å². The summed E-state index contributed by atoms with van der Waals surface area (Å²) in [4.78, 5) is 2.60. The van der Waals surface area contributed by atoms with E-state index in [1.54, 1.807) is 0 Å². The van der Waals surface area contributed by atoms with Crippen molar-refractivity contribution in [3.63, 3.8) is 0 Å². The fourth-order valence-corrected chi connectivity index (χ4v) is 3.59. The summed E-state index contributed by atoms with van der Waals surface area (Å²) < 4.78 is 0. The molecule has 2 aliphatic rings. The van der Waals surface area contributed by atoms with E-state index in [4.69, 9.17) is 5.73 Å². The van der Waals surface area contributed by atoms with Gasteiger partial charge in [0, 0.05) is 18.1 Å². The van der Waals surface area contributed by atoms with Crippen LogP contribution in [0.3, 0.4) is 0 Å². The lowest BCUT2D eigenvalue weighted by molar-refractivity contribution is 0.143. The van der Waals surface area contributed by atoms with Gasteiger partial charge in [0.2, 0.25) is 0 Å². The predicted octanol–water partition coefficient (Wildman–Crippen LogP) is 1.97. The Balaban J connectivity index is 1.76. The fourth-order valence-electron chi connectivity index (χ4n) is 3.59. The highest BCUT2D eigenvalue weighted by atomic mass is 15.2. The molecule has 1 saturated heterocycles. The van der Waals surface area contributed by atoms with Crippen molar-refractivity contribution in [1.29, 1.82) is 0 Å². The van der Waals surface area contributed by atoms with E-state index in [0.717, 1.165) is 18.5 Å². The highest BCUT2D eigenvalue weighted by Crippen LogP contribution is 2.25. The van der Waals surface area contributed by atoms with E-state index in [1.165, 1.54) is 51.6 Å². The summed E-state index contributed by atoms with van der Waals surface area (Å²) in [6.45, 7) is 7.99. The van der Waals surface area contributed by atoms with Gasteiger partial charge in [-0.1, -0.05) is 12.8 Å². The number of nitrogens with one attached hydrogen (secondary N) is 1. The summed E-state index contributed by atoms with van der Waals surface area (Å²) in [5, 5.41) is 3.91. The largest absolute Gasteiger partial charge is 0.330 e. The molecular formula is C15H31N3. The zero-order valence-corrected chi connectivity index (χ0v) is 12.2. The van der Waals surface area contributed by atoms with Crippen LogP contribution in [0.5, 0.6) is 0 Å². The standard InChI is InChI=1S/C15H31N3/c1-12(2)18-9-7-14(8-10-18)17-15-6-4-3-5-13(15)11-16/h12-15,17H,3-11,16H2,1-2H3. The number of nitrogens with zero attached hydrogens (tertiary/aromatic N) is 1. The third-order valence-electron chi connectivity index (χ3n) is 4.92. The number of hydrogen-bond acceptors (Lipinski definition) is 3. The molecule has 2 unspecified atom stereocenters. The average molecular weight is 253 g/mol. The van der Waals surface area contributed by atoms with Gasteiger partial charge >= 0.3 is 0 Å². The Morgan fingerprint density at radius 2 is 1.78 bits per heavy atom. The first-order chi connectivity index (χ1) is 8.70. The van der Waals surface area contributed by atoms with Crippen molar-refractivity contribution in [3.8, 4) is 0 Å². The molecule has 1 aliphatic carbocycles. The SMILES string of the molecule is CC(C)N1CCC(NC2CCCCC2CN)CC1. The number of nitrogens with two attached hydrogens (primary N) is 1. The molecule has 0 bridgehead atoms. The summed E-state index contributed by atoms with van der Waals surface area (Å²) >= 11 is 0. The lowest BCUT2D eigenvalue weighted by Gasteiger charge is -2.39. The first kappa shape index (κ1) is 14.3. The van der Waals surface area contributed by atoms with Gasteiger partial charge in [-0.15, -0.1) is 0 Å². The van der Waals surface area contributed by atoms with Crippen LogP contribution in [0.2, 0.25) is 0 Å². The summed E-state index contributed by atoms with van der Waals surface area (Å²) in [5.41, 5.74) is 5.91. The monoisotopic (exact) mass is 253 g/mol. The van der Waals surface area contributed by atoms with E-state index in [9.17, 15) is 0 Å². The van der Waals surface area contributed by atoms with Gasteiger partial charge in [0.1, 0.15) is 0 Å². The lowest BCUT2D eigenvalue weighted by atomic mass is 9.83. The number of hydrogen-bond donors (Lipinski definition) is 2. The van der Waals surface area contributed by atoms with Gasteiger partial charge in [0.15, 0.2) is 0 Å². The first-order valence-corrected chi connectivity index (χ1v) is 7.91. The Labute approximate surface area is 112 Å². The van der Waals surface area contributed by atoms with Crippen LogP contribution < -0.4 is 11.1 Å². The van der Waals surface area contributed by atoms with Crippen LogP contribution in [0.25, 0.3) is 0 Å². The molecule has 0 amide bonds. The summed E-state index contributed by atoms with van der Waals surface area (Å²) in [7, 11) is 0. The lowest BCUT2D eigenvalue weighted by Crippen LogP contribution is -2.51. The second-order valence-electron chi connectivity index (χ2n) is 6.46. The summed E-state index contributed by atoms with van der Waals surface area (Å²) in [6, 6.07) is 2.13. The van der Waals surface area contributed by atoms with Crippen molar-refractivity contribution < 1.29 is 0 Å². The van der Waals surface area contributed by atoms with Crippen LogP contribution in [0.4, 0.5) is 0 Å². The topological polar surface area (TPSA) is 41.3 Å². The first-order valence-electron chi connectivity index (χ1n) is 7.91. The quantitative estimate of drug-likeness (QED) is 0.805. The van der Waals surface area contributed by atoms with Crippen LogP contribution in [0.15, 0.2) is 0 Å². The Morgan fingerprint density at radius 1 is 1.11 bits per heavy atom. The fraction of sp³-hybridized carbons (Fsp3) is 1.00. The summed E-state index contributed by atoms with van der Waals surface area (Å²) in [5.74, 6) is 0.724. The van der Waals surface area contributed by atoms with E-state index in [2.05, 4.69) is 24.1 Å². The maximum absolute atomic E-state index is 5.91. The molecule has 1 aliphatic heterocycles. The molecule has 3 N–H and O–H groups in total. The van der Waals surface area contributed by atoms with Crippen LogP contribution in [0, 0.1) is 5.92 Å². The minimum atomic E-state index is 0.694. The molecule has 0 aromatic heterocycles. The second kappa shape index (κ2) is 6.88. The number of rotatable bonds is 4. The maximum Gasteiger partial charge on any atom is 0.0110 e. The van der Waals surface area contributed by atoms with Crippen LogP contribution in [-0.2, 0) is 0 Å². The van der Waals surface area contributed by atoms with Gasteiger partial charge in [-0.2, -0.15) is 0 Å².